The maximum atomic E-state index is 12.0. The molecule has 150 valence electrons. The highest BCUT2D eigenvalue weighted by atomic mass is 32.1. The van der Waals surface area contributed by atoms with Gasteiger partial charge in [-0.05, 0) is 44.4 Å². The van der Waals surface area contributed by atoms with Gasteiger partial charge in [-0.1, -0.05) is 12.1 Å². The Hall–Kier alpha value is -3.14. The number of hydrogen-bond acceptors (Lipinski definition) is 8. The number of aryl methyl sites for hydroxylation is 1. The maximum Gasteiger partial charge on any atom is 0.412 e. The number of para-hydroxylation sites is 2. The van der Waals surface area contributed by atoms with Crippen LogP contribution in [0, 0.1) is 6.92 Å². The van der Waals surface area contributed by atoms with Gasteiger partial charge in [0.2, 0.25) is 0 Å². The number of ether oxygens (including phenoxy) is 3. The number of nitrogens with zero attached hydrogens (tertiary/aromatic N) is 2. The molecule has 0 bridgehead atoms. The van der Waals surface area contributed by atoms with E-state index in [9.17, 15) is 9.59 Å². The molecular weight excluding hydrogens is 384 g/mol. The van der Waals surface area contributed by atoms with E-state index in [0.717, 1.165) is 11.5 Å². The second-order valence-electron chi connectivity index (χ2n) is 5.49. The third kappa shape index (κ3) is 5.68. The summed E-state index contributed by atoms with van der Waals surface area (Å²) in [5.74, 6) is 0.551. The summed E-state index contributed by atoms with van der Waals surface area (Å²) in [6.45, 7) is 5.23. The Morgan fingerprint density at radius 1 is 1.25 bits per heavy atom. The summed E-state index contributed by atoms with van der Waals surface area (Å²) < 4.78 is 19.7. The second kappa shape index (κ2) is 10.3. The van der Waals surface area contributed by atoms with Gasteiger partial charge in [0, 0.05) is 0 Å². The van der Waals surface area contributed by atoms with Crippen LogP contribution in [-0.4, -0.2) is 42.4 Å². The first-order valence-corrected chi connectivity index (χ1v) is 9.23. The summed E-state index contributed by atoms with van der Waals surface area (Å²) in [6, 6.07) is 7.02. The van der Waals surface area contributed by atoms with Gasteiger partial charge in [0.15, 0.2) is 18.1 Å². The number of hydrazone groups is 1. The molecule has 0 fully saturated rings. The second-order valence-corrected chi connectivity index (χ2v) is 6.26. The number of aromatic nitrogens is 1. The van der Waals surface area contributed by atoms with Crippen molar-refractivity contribution in [3.8, 4) is 11.5 Å². The van der Waals surface area contributed by atoms with Gasteiger partial charge >= 0.3 is 6.09 Å². The third-order valence-electron chi connectivity index (χ3n) is 3.49. The molecule has 1 aromatic heterocycles. The summed E-state index contributed by atoms with van der Waals surface area (Å²) in [5.41, 5.74) is 4.22. The van der Waals surface area contributed by atoms with E-state index in [1.54, 1.807) is 45.0 Å². The first-order valence-electron chi connectivity index (χ1n) is 8.45. The molecule has 9 nitrogen and oxygen atoms in total. The Bertz CT molecular complexity index is 865. The molecule has 0 aliphatic heterocycles. The first-order chi connectivity index (χ1) is 13.5. The maximum absolute atomic E-state index is 12.0. The van der Waals surface area contributed by atoms with Gasteiger partial charge in [-0.15, -0.1) is 0 Å². The van der Waals surface area contributed by atoms with E-state index in [1.807, 2.05) is 0 Å². The van der Waals surface area contributed by atoms with Crippen LogP contribution >= 0.6 is 11.5 Å². The quantitative estimate of drug-likeness (QED) is 0.515. The Kier molecular flexibility index (Phi) is 7.76. The molecule has 0 aliphatic carbocycles. The molecule has 0 saturated carbocycles. The minimum Gasteiger partial charge on any atom is -0.493 e. The van der Waals surface area contributed by atoms with Crippen LogP contribution in [0.15, 0.2) is 29.4 Å². The van der Waals surface area contributed by atoms with E-state index in [4.69, 9.17) is 14.2 Å². The summed E-state index contributed by atoms with van der Waals surface area (Å²) in [4.78, 5) is 23.7. The van der Waals surface area contributed by atoms with Gasteiger partial charge in [-0.25, -0.2) is 10.2 Å². The van der Waals surface area contributed by atoms with Crippen molar-refractivity contribution >= 4 is 34.2 Å². The summed E-state index contributed by atoms with van der Waals surface area (Å²) >= 11 is 1.11. The molecule has 2 N–H and O–H groups in total. The molecule has 2 rings (SSSR count). The standard InChI is InChI=1S/C18H22N4O5S/c1-5-26-18(24)19-17-16(12(3)22-28-17)11(2)20-21-15(23)10-27-14-9-7-6-8-13(14)25-4/h6-9H,5,10H2,1-4H3,(H,19,24)(H,21,23)/b20-11+. The van der Waals surface area contributed by atoms with Gasteiger partial charge in [-0.2, -0.15) is 9.47 Å². The Labute approximate surface area is 166 Å². The number of benzene rings is 1. The molecule has 2 amide bonds. The zero-order valence-corrected chi connectivity index (χ0v) is 16.9. The minimum absolute atomic E-state index is 0.230. The smallest absolute Gasteiger partial charge is 0.412 e. The van der Waals surface area contributed by atoms with Crippen LogP contribution in [0.25, 0.3) is 0 Å². The SMILES string of the molecule is CCOC(=O)Nc1snc(C)c1/C(C)=N/NC(=O)COc1ccccc1OC. The average Bonchev–Trinajstić information content (AvgIpc) is 3.04. The molecule has 2 aromatic rings. The van der Waals surface area contributed by atoms with E-state index in [0.29, 0.717) is 33.5 Å². The summed E-state index contributed by atoms with van der Waals surface area (Å²) in [7, 11) is 1.52. The van der Waals surface area contributed by atoms with Crippen LogP contribution in [0.2, 0.25) is 0 Å². The number of carbonyl (C=O) groups is 2. The van der Waals surface area contributed by atoms with E-state index in [-0.39, 0.29) is 13.2 Å². The fourth-order valence-corrected chi connectivity index (χ4v) is 3.09. The number of methoxy groups -OCH3 is 1. The fourth-order valence-electron chi connectivity index (χ4n) is 2.26. The van der Waals surface area contributed by atoms with Crippen molar-refractivity contribution in [1.29, 1.82) is 0 Å². The minimum atomic E-state index is -0.575. The van der Waals surface area contributed by atoms with Crippen molar-refractivity contribution in [2.45, 2.75) is 20.8 Å². The highest BCUT2D eigenvalue weighted by molar-refractivity contribution is 7.11. The van der Waals surface area contributed by atoms with E-state index in [2.05, 4.69) is 20.2 Å². The van der Waals surface area contributed by atoms with Crippen LogP contribution in [-0.2, 0) is 9.53 Å². The topological polar surface area (TPSA) is 111 Å². The number of rotatable bonds is 8. The molecular formula is C18H22N4O5S. The number of amides is 2. The largest absolute Gasteiger partial charge is 0.493 e. The predicted molar refractivity (Wildman–Crippen MR) is 106 cm³/mol. The fraction of sp³-hybridized carbons (Fsp3) is 0.333. The molecule has 10 heteroatoms. The molecule has 0 unspecified atom stereocenters. The van der Waals surface area contributed by atoms with Crippen LogP contribution in [0.1, 0.15) is 25.1 Å². The van der Waals surface area contributed by atoms with E-state index < -0.39 is 12.0 Å². The van der Waals surface area contributed by atoms with Crippen molar-refractivity contribution in [3.63, 3.8) is 0 Å². The predicted octanol–water partition coefficient (Wildman–Crippen LogP) is 2.95. The molecule has 0 saturated heterocycles. The van der Waals surface area contributed by atoms with Crippen molar-refractivity contribution < 1.29 is 23.8 Å². The van der Waals surface area contributed by atoms with Gasteiger partial charge in [0.1, 0.15) is 5.00 Å². The van der Waals surface area contributed by atoms with E-state index >= 15 is 0 Å². The van der Waals surface area contributed by atoms with Gasteiger partial charge < -0.3 is 14.2 Å². The van der Waals surface area contributed by atoms with Gasteiger partial charge in [0.25, 0.3) is 5.91 Å². The number of nitrogens with one attached hydrogen (secondary N) is 2. The van der Waals surface area contributed by atoms with Gasteiger partial charge in [0.05, 0.1) is 30.7 Å². The monoisotopic (exact) mass is 406 g/mol. The Morgan fingerprint density at radius 2 is 1.96 bits per heavy atom. The highest BCUT2D eigenvalue weighted by Gasteiger charge is 2.17. The third-order valence-corrected chi connectivity index (χ3v) is 4.35. The number of hydrogen-bond donors (Lipinski definition) is 2. The van der Waals surface area contributed by atoms with Crippen molar-refractivity contribution in [2.75, 3.05) is 25.6 Å². The number of anilines is 1. The molecule has 0 aliphatic rings. The Morgan fingerprint density at radius 3 is 2.64 bits per heavy atom. The van der Waals surface area contributed by atoms with E-state index in [1.165, 1.54) is 7.11 Å². The highest BCUT2D eigenvalue weighted by Crippen LogP contribution is 2.26. The first kappa shape index (κ1) is 21.2. The zero-order chi connectivity index (χ0) is 20.5. The molecule has 28 heavy (non-hydrogen) atoms. The van der Waals surface area contributed by atoms with Gasteiger partial charge in [-0.3, -0.25) is 10.1 Å². The molecule has 0 radical (unpaired) electrons. The number of carbonyl (C=O) groups excluding carboxylic acids is 2. The molecule has 1 heterocycles. The average molecular weight is 406 g/mol. The summed E-state index contributed by atoms with van der Waals surface area (Å²) in [6.07, 6.45) is -0.575. The summed E-state index contributed by atoms with van der Waals surface area (Å²) in [5, 5.41) is 7.20. The lowest BCUT2D eigenvalue weighted by Crippen LogP contribution is -2.26. The van der Waals surface area contributed by atoms with Crippen LogP contribution in [0.5, 0.6) is 11.5 Å². The van der Waals surface area contributed by atoms with Crippen LogP contribution in [0.4, 0.5) is 9.80 Å². The lowest BCUT2D eigenvalue weighted by atomic mass is 10.2. The molecule has 1 aromatic carbocycles. The zero-order valence-electron chi connectivity index (χ0n) is 16.1. The normalized spacial score (nSPS) is 10.9. The van der Waals surface area contributed by atoms with Crippen molar-refractivity contribution in [1.82, 2.24) is 9.80 Å². The van der Waals surface area contributed by atoms with Crippen LogP contribution < -0.4 is 20.2 Å². The Balaban J connectivity index is 1.99. The van der Waals surface area contributed by atoms with Crippen molar-refractivity contribution in [2.24, 2.45) is 5.10 Å². The lowest BCUT2D eigenvalue weighted by Gasteiger charge is -2.09. The lowest BCUT2D eigenvalue weighted by molar-refractivity contribution is -0.123. The van der Waals surface area contributed by atoms with Crippen molar-refractivity contribution in [3.05, 3.63) is 35.5 Å². The molecule has 0 atom stereocenters. The molecule has 0 spiro atoms. The van der Waals surface area contributed by atoms with Crippen LogP contribution in [0.3, 0.4) is 0 Å².